The second-order valence-electron chi connectivity index (χ2n) is 1.79. The average Bonchev–Trinajstić information content (AvgIpc) is 2.19. The van der Waals surface area contributed by atoms with E-state index in [0.29, 0.717) is 0 Å². The van der Waals surface area contributed by atoms with Gasteiger partial charge in [0, 0.05) is 38.2 Å². The molecule has 0 saturated carbocycles. The Bertz CT molecular complexity index is 167. The molecule has 0 aliphatic carbocycles. The zero-order valence-corrected chi connectivity index (χ0v) is 10.3. The van der Waals surface area contributed by atoms with E-state index in [1.165, 1.54) is 0 Å². The Morgan fingerprint density at radius 3 is 0.750 bits per heavy atom. The van der Waals surface area contributed by atoms with E-state index in [0.717, 1.165) is 0 Å². The summed E-state index contributed by atoms with van der Waals surface area (Å²) in [7, 11) is 0. The summed E-state index contributed by atoms with van der Waals surface area (Å²) in [5.41, 5.74) is 13.7. The van der Waals surface area contributed by atoms with Gasteiger partial charge in [-0.3, -0.25) is 14.4 Å². The Balaban J connectivity index is -0.0000000655. The van der Waals surface area contributed by atoms with Crippen LogP contribution >= 0.6 is 0 Å². The topological polar surface area (TPSA) is 190 Å². The first-order valence-corrected chi connectivity index (χ1v) is 3.57. The normalized spacial score (nSPS) is 6.94. The Morgan fingerprint density at radius 1 is 0.688 bits per heavy atom. The zero-order chi connectivity index (χ0) is 12.9. The van der Waals surface area contributed by atoms with Crippen LogP contribution in [-0.4, -0.2) is 52.9 Å². The van der Waals surface area contributed by atoms with Gasteiger partial charge in [-0.2, -0.15) is 0 Å². The molecule has 0 saturated heterocycles. The van der Waals surface area contributed by atoms with Gasteiger partial charge >= 0.3 is 17.9 Å². The Kier molecular flexibility index (Phi) is 30.9. The van der Waals surface area contributed by atoms with E-state index in [2.05, 4.69) is 17.2 Å². The maximum atomic E-state index is 9.24. The van der Waals surface area contributed by atoms with E-state index in [-0.39, 0.29) is 57.8 Å². The summed E-state index contributed by atoms with van der Waals surface area (Å²) in [6.07, 6.45) is 0. The number of aliphatic carboxylic acids is 3. The van der Waals surface area contributed by atoms with Crippen LogP contribution in [0.1, 0.15) is 0 Å². The van der Waals surface area contributed by atoms with Crippen LogP contribution in [0.2, 0.25) is 0 Å². The maximum absolute atomic E-state index is 9.24. The molecule has 0 unspecified atom stereocenters. The van der Waals surface area contributed by atoms with Crippen LogP contribution in [0.15, 0.2) is 0 Å². The van der Waals surface area contributed by atoms with E-state index >= 15 is 0 Å². The second-order valence-corrected chi connectivity index (χ2v) is 1.79. The number of carboxylic acid groups (broad SMARTS) is 3. The molecular weight excluding hydrogens is 373 g/mol. The van der Waals surface area contributed by atoms with Crippen molar-refractivity contribution in [3.63, 3.8) is 0 Å². The minimum absolute atomic E-state index is 0. The van der Waals surface area contributed by atoms with E-state index in [9.17, 15) is 14.4 Å². The van der Waals surface area contributed by atoms with Crippen molar-refractivity contribution in [2.24, 2.45) is 17.2 Å². The summed E-state index contributed by atoms with van der Waals surface area (Å²) in [5, 5.41) is 22.8. The van der Waals surface area contributed by atoms with E-state index < -0.39 is 17.9 Å². The first-order valence-electron chi connectivity index (χ1n) is 3.57. The number of hydrogen-bond acceptors (Lipinski definition) is 6. The van der Waals surface area contributed by atoms with Crippen LogP contribution in [0.5, 0.6) is 0 Å². The molecule has 16 heavy (non-hydrogen) atoms. The molecule has 0 bridgehead atoms. The molecule has 9 nitrogen and oxygen atoms in total. The SMILES string of the molecule is NCC(=O)O.NCC(=O)O.NCC(=O)O.[Dy]. The van der Waals surface area contributed by atoms with Gasteiger partial charge in [0.2, 0.25) is 0 Å². The van der Waals surface area contributed by atoms with Gasteiger partial charge in [-0.25, -0.2) is 0 Å². The van der Waals surface area contributed by atoms with Crippen LogP contribution in [-0.2, 0) is 14.4 Å². The third-order valence-electron chi connectivity index (χ3n) is 0.524. The molecule has 10 heteroatoms. The zero-order valence-electron chi connectivity index (χ0n) is 8.24. The van der Waals surface area contributed by atoms with E-state index in [1.807, 2.05) is 0 Å². The van der Waals surface area contributed by atoms with Crippen molar-refractivity contribution < 1.29 is 67.9 Å². The first kappa shape index (κ1) is 24.7. The fourth-order valence-corrected chi connectivity index (χ4v) is 0. The molecule has 0 fully saturated rings. The van der Waals surface area contributed by atoms with Crippen molar-refractivity contribution in [1.29, 1.82) is 0 Å². The molecule has 0 aromatic rings. The van der Waals surface area contributed by atoms with Crippen LogP contribution in [0, 0.1) is 38.2 Å². The predicted molar refractivity (Wildman–Crippen MR) is 50.1 cm³/mol. The van der Waals surface area contributed by atoms with Crippen molar-refractivity contribution in [1.82, 2.24) is 0 Å². The molecule has 0 aliphatic rings. The molecule has 100 valence electrons. The number of carboxylic acids is 3. The fraction of sp³-hybridized carbons (Fsp3) is 0.500. The third-order valence-corrected chi connectivity index (χ3v) is 0.524. The molecule has 0 spiro atoms. The summed E-state index contributed by atoms with van der Waals surface area (Å²) in [4.78, 5) is 27.7. The van der Waals surface area contributed by atoms with Crippen LogP contribution in [0.3, 0.4) is 0 Å². The molecular formula is C6H15DyN3O6. The number of rotatable bonds is 3. The maximum Gasteiger partial charge on any atom is 0.317 e. The molecule has 0 atom stereocenters. The molecule has 9 N–H and O–H groups in total. The van der Waals surface area contributed by atoms with Gasteiger partial charge in [0.05, 0.1) is 19.6 Å². The summed E-state index contributed by atoms with van der Waals surface area (Å²) in [5.74, 6) is -2.90. The minimum atomic E-state index is -0.968. The molecule has 0 aliphatic heterocycles. The van der Waals surface area contributed by atoms with Gasteiger partial charge in [0.1, 0.15) is 0 Å². The van der Waals surface area contributed by atoms with Crippen molar-refractivity contribution in [2.75, 3.05) is 19.6 Å². The quantitative estimate of drug-likeness (QED) is 0.294. The third kappa shape index (κ3) is 69.2. The van der Waals surface area contributed by atoms with E-state index in [4.69, 9.17) is 15.3 Å². The van der Waals surface area contributed by atoms with Gasteiger partial charge in [-0.05, 0) is 0 Å². The summed E-state index contributed by atoms with van der Waals surface area (Å²) in [6.45, 7) is -0.833. The molecule has 0 aromatic carbocycles. The number of hydrogen-bond donors (Lipinski definition) is 6. The van der Waals surface area contributed by atoms with Gasteiger partial charge in [-0.15, -0.1) is 0 Å². The van der Waals surface area contributed by atoms with Crippen LogP contribution < -0.4 is 17.2 Å². The summed E-state index contributed by atoms with van der Waals surface area (Å²) < 4.78 is 0. The number of nitrogens with two attached hydrogens (primary N) is 3. The predicted octanol–water partition coefficient (Wildman–Crippen LogP) is -2.91. The molecule has 0 amide bonds. The molecule has 0 rings (SSSR count). The Labute approximate surface area is 122 Å². The van der Waals surface area contributed by atoms with Crippen molar-refractivity contribution in [3.05, 3.63) is 0 Å². The number of carbonyl (C=O) groups is 3. The van der Waals surface area contributed by atoms with Crippen LogP contribution in [0.25, 0.3) is 0 Å². The summed E-state index contributed by atoms with van der Waals surface area (Å²) in [6, 6.07) is 0. The second kappa shape index (κ2) is 20.0. The van der Waals surface area contributed by atoms with Gasteiger partial charge < -0.3 is 32.5 Å². The molecule has 0 radical (unpaired) electrons. The van der Waals surface area contributed by atoms with Gasteiger partial charge in [-0.1, -0.05) is 0 Å². The molecule has 0 heterocycles. The monoisotopic (exact) mass is 389 g/mol. The van der Waals surface area contributed by atoms with Gasteiger partial charge in [0.25, 0.3) is 0 Å². The Hall–Kier alpha value is -0.437. The van der Waals surface area contributed by atoms with Gasteiger partial charge in [0.15, 0.2) is 0 Å². The molecule has 0 aromatic heterocycles. The minimum Gasteiger partial charge on any atom is -0.480 e. The Morgan fingerprint density at radius 2 is 0.750 bits per heavy atom. The fourth-order valence-electron chi connectivity index (χ4n) is 0. The van der Waals surface area contributed by atoms with Crippen molar-refractivity contribution in [3.8, 4) is 0 Å². The first-order chi connectivity index (χ1) is 6.81. The van der Waals surface area contributed by atoms with Crippen LogP contribution in [0.4, 0.5) is 0 Å². The largest absolute Gasteiger partial charge is 0.480 e. The van der Waals surface area contributed by atoms with Crippen molar-refractivity contribution >= 4 is 17.9 Å². The van der Waals surface area contributed by atoms with Crippen molar-refractivity contribution in [2.45, 2.75) is 0 Å². The standard InChI is InChI=1S/3C2H5NO2.Dy/c3*3-1-2(4)5;/h3*1,3H2,(H,4,5);. The van der Waals surface area contributed by atoms with E-state index in [1.54, 1.807) is 0 Å². The smallest absolute Gasteiger partial charge is 0.317 e. The average molecular weight is 388 g/mol. The summed E-state index contributed by atoms with van der Waals surface area (Å²) >= 11 is 0.